The lowest BCUT2D eigenvalue weighted by Crippen LogP contribution is -2.39. The molecule has 0 aromatic heterocycles. The molecule has 1 rings (SSSR count). The first-order valence-corrected chi connectivity index (χ1v) is 5.46. The Labute approximate surface area is 82.5 Å². The average molecular weight is 179 g/mol. The van der Waals surface area contributed by atoms with Crippen LogP contribution in [0.1, 0.15) is 40.0 Å². The topological polar surface area (TPSA) is 3.24 Å². The van der Waals surface area contributed by atoms with Gasteiger partial charge in [0, 0.05) is 13.0 Å². The Hall–Kier alpha value is -0.480. The minimum atomic E-state index is 0.461. The fraction of sp³-hybridized carbons (Fsp3) is 0.833. The van der Waals surface area contributed by atoms with Crippen LogP contribution in [0.3, 0.4) is 0 Å². The van der Waals surface area contributed by atoms with Crippen molar-refractivity contribution in [2.24, 2.45) is 5.92 Å². The summed E-state index contributed by atoms with van der Waals surface area (Å²) in [6, 6.07) is 0.461. The molecule has 74 valence electrons. The van der Waals surface area contributed by atoms with Gasteiger partial charge in [-0.3, -0.25) is 4.90 Å². The number of piperidine rings is 1. The van der Waals surface area contributed by atoms with Crippen molar-refractivity contribution in [3.05, 3.63) is 0 Å². The largest absolute Gasteiger partial charge is 0.290 e. The third-order valence-corrected chi connectivity index (χ3v) is 2.72. The van der Waals surface area contributed by atoms with Gasteiger partial charge in [-0.2, -0.15) is 0 Å². The summed E-state index contributed by atoms with van der Waals surface area (Å²) in [4.78, 5) is 2.51. The lowest BCUT2D eigenvalue weighted by molar-refractivity contribution is 0.165. The van der Waals surface area contributed by atoms with E-state index < -0.39 is 0 Å². The molecule has 2 unspecified atom stereocenters. The summed E-state index contributed by atoms with van der Waals surface area (Å²) < 4.78 is 0. The Kier molecular flexibility index (Phi) is 4.32. The van der Waals surface area contributed by atoms with Gasteiger partial charge in [0.15, 0.2) is 0 Å². The van der Waals surface area contributed by atoms with E-state index in [2.05, 4.69) is 37.5 Å². The Balaban J connectivity index is 2.41. The molecule has 0 aromatic carbocycles. The molecule has 13 heavy (non-hydrogen) atoms. The second-order valence-electron chi connectivity index (χ2n) is 4.09. The highest BCUT2D eigenvalue weighted by Gasteiger charge is 2.19. The van der Waals surface area contributed by atoms with Crippen molar-refractivity contribution in [3.63, 3.8) is 0 Å². The fourth-order valence-electron chi connectivity index (χ4n) is 1.92. The van der Waals surface area contributed by atoms with Gasteiger partial charge in [-0.25, -0.2) is 0 Å². The molecule has 2 atom stereocenters. The van der Waals surface area contributed by atoms with Crippen LogP contribution in [-0.2, 0) is 0 Å². The summed E-state index contributed by atoms with van der Waals surface area (Å²) in [5.41, 5.74) is 0. The molecular formula is C12H21N. The van der Waals surface area contributed by atoms with Crippen molar-refractivity contribution in [3.8, 4) is 11.8 Å². The van der Waals surface area contributed by atoms with Crippen LogP contribution in [0.5, 0.6) is 0 Å². The summed E-state index contributed by atoms with van der Waals surface area (Å²) in [6.07, 6.45) is 3.72. The first-order valence-electron chi connectivity index (χ1n) is 5.46. The van der Waals surface area contributed by atoms with Gasteiger partial charge in [0.05, 0.1) is 6.04 Å². The second kappa shape index (κ2) is 5.29. The Morgan fingerprint density at radius 2 is 2.31 bits per heavy atom. The lowest BCUT2D eigenvalue weighted by Gasteiger charge is -2.33. The standard InChI is InChI=1S/C12H21N/c1-4-5-8-12(3)13-9-6-7-11(2)10-13/h11-12H,4,6-7,9-10H2,1-3H3. The highest BCUT2D eigenvalue weighted by molar-refractivity contribution is 5.06. The molecule has 0 saturated carbocycles. The SMILES string of the molecule is CCC#CC(C)N1CCCC(C)C1. The highest BCUT2D eigenvalue weighted by atomic mass is 15.2. The fourth-order valence-corrected chi connectivity index (χ4v) is 1.92. The van der Waals surface area contributed by atoms with E-state index in [1.807, 2.05) is 0 Å². The zero-order chi connectivity index (χ0) is 9.68. The molecule has 1 aliphatic heterocycles. The smallest absolute Gasteiger partial charge is 0.0686 e. The molecule has 0 N–H and O–H groups in total. The summed E-state index contributed by atoms with van der Waals surface area (Å²) >= 11 is 0. The van der Waals surface area contributed by atoms with Gasteiger partial charge in [-0.05, 0) is 32.2 Å². The van der Waals surface area contributed by atoms with E-state index in [-0.39, 0.29) is 0 Å². The quantitative estimate of drug-likeness (QED) is 0.559. The number of nitrogens with zero attached hydrogens (tertiary/aromatic N) is 1. The summed E-state index contributed by atoms with van der Waals surface area (Å²) in [7, 11) is 0. The molecule has 1 heterocycles. The van der Waals surface area contributed by atoms with Crippen molar-refractivity contribution < 1.29 is 0 Å². The third-order valence-electron chi connectivity index (χ3n) is 2.72. The van der Waals surface area contributed by atoms with Crippen molar-refractivity contribution >= 4 is 0 Å². The molecule has 0 radical (unpaired) electrons. The van der Waals surface area contributed by atoms with Gasteiger partial charge < -0.3 is 0 Å². The van der Waals surface area contributed by atoms with Crippen LogP contribution in [0.4, 0.5) is 0 Å². The van der Waals surface area contributed by atoms with Gasteiger partial charge >= 0.3 is 0 Å². The zero-order valence-corrected chi connectivity index (χ0v) is 9.14. The van der Waals surface area contributed by atoms with Gasteiger partial charge in [-0.15, -0.1) is 5.92 Å². The predicted octanol–water partition coefficient (Wildman–Crippen LogP) is 2.52. The first kappa shape index (κ1) is 10.6. The zero-order valence-electron chi connectivity index (χ0n) is 9.14. The van der Waals surface area contributed by atoms with Crippen LogP contribution in [0.2, 0.25) is 0 Å². The molecular weight excluding hydrogens is 158 g/mol. The highest BCUT2D eigenvalue weighted by Crippen LogP contribution is 2.17. The van der Waals surface area contributed by atoms with E-state index in [9.17, 15) is 0 Å². The maximum Gasteiger partial charge on any atom is 0.0686 e. The molecule has 1 fully saturated rings. The molecule has 0 aromatic rings. The van der Waals surface area contributed by atoms with E-state index in [0.29, 0.717) is 6.04 Å². The Bertz CT molecular complexity index is 199. The predicted molar refractivity (Wildman–Crippen MR) is 57.5 cm³/mol. The molecule has 1 nitrogen and oxygen atoms in total. The van der Waals surface area contributed by atoms with Gasteiger partial charge in [0.2, 0.25) is 0 Å². The summed E-state index contributed by atoms with van der Waals surface area (Å²) in [5, 5.41) is 0. The molecule has 0 aliphatic carbocycles. The lowest BCUT2D eigenvalue weighted by atomic mass is 9.99. The normalized spacial score (nSPS) is 26.2. The van der Waals surface area contributed by atoms with Gasteiger partial charge in [0.25, 0.3) is 0 Å². The van der Waals surface area contributed by atoms with Crippen LogP contribution in [0.15, 0.2) is 0 Å². The number of rotatable bonds is 1. The number of hydrogen-bond acceptors (Lipinski definition) is 1. The van der Waals surface area contributed by atoms with Crippen LogP contribution >= 0.6 is 0 Å². The van der Waals surface area contributed by atoms with Gasteiger partial charge in [0.1, 0.15) is 0 Å². The van der Waals surface area contributed by atoms with Crippen molar-refractivity contribution in [1.29, 1.82) is 0 Å². The van der Waals surface area contributed by atoms with E-state index in [4.69, 9.17) is 0 Å². The van der Waals surface area contributed by atoms with E-state index in [1.165, 1.54) is 25.9 Å². The van der Waals surface area contributed by atoms with Crippen LogP contribution in [0, 0.1) is 17.8 Å². The van der Waals surface area contributed by atoms with E-state index >= 15 is 0 Å². The molecule has 1 saturated heterocycles. The maximum atomic E-state index is 3.30. The molecule has 0 spiro atoms. The monoisotopic (exact) mass is 179 g/mol. The van der Waals surface area contributed by atoms with Crippen LogP contribution < -0.4 is 0 Å². The van der Waals surface area contributed by atoms with Crippen LogP contribution in [0.25, 0.3) is 0 Å². The minimum Gasteiger partial charge on any atom is -0.290 e. The van der Waals surface area contributed by atoms with Crippen LogP contribution in [-0.4, -0.2) is 24.0 Å². The van der Waals surface area contributed by atoms with Gasteiger partial charge in [-0.1, -0.05) is 19.8 Å². The first-order chi connectivity index (χ1) is 6.24. The number of hydrogen-bond donors (Lipinski definition) is 0. The molecule has 0 amide bonds. The summed E-state index contributed by atoms with van der Waals surface area (Å²) in [5.74, 6) is 7.33. The maximum absolute atomic E-state index is 3.30. The van der Waals surface area contributed by atoms with Crippen molar-refractivity contribution in [1.82, 2.24) is 4.90 Å². The minimum absolute atomic E-state index is 0.461. The Morgan fingerprint density at radius 3 is 2.92 bits per heavy atom. The number of likely N-dealkylation sites (tertiary alicyclic amines) is 1. The third kappa shape index (κ3) is 3.40. The molecule has 1 aliphatic rings. The second-order valence-corrected chi connectivity index (χ2v) is 4.09. The van der Waals surface area contributed by atoms with E-state index in [0.717, 1.165) is 12.3 Å². The average Bonchev–Trinajstić information content (AvgIpc) is 2.14. The molecule has 1 heteroatoms. The molecule has 0 bridgehead atoms. The summed E-state index contributed by atoms with van der Waals surface area (Å²) in [6.45, 7) is 9.15. The Morgan fingerprint density at radius 1 is 1.54 bits per heavy atom. The van der Waals surface area contributed by atoms with Crippen molar-refractivity contribution in [2.75, 3.05) is 13.1 Å². The van der Waals surface area contributed by atoms with Crippen molar-refractivity contribution in [2.45, 2.75) is 46.1 Å². The van der Waals surface area contributed by atoms with E-state index in [1.54, 1.807) is 0 Å².